The molecular formula is C10H12N2O2S. The third-order valence-electron chi connectivity index (χ3n) is 1.61. The fourth-order valence-electron chi connectivity index (χ4n) is 1.01. The average molecular weight is 224 g/mol. The van der Waals surface area contributed by atoms with Crippen LogP contribution in [0.25, 0.3) is 0 Å². The van der Waals surface area contributed by atoms with Crippen LogP contribution in [0.2, 0.25) is 0 Å². The molecule has 0 saturated heterocycles. The fraction of sp³-hybridized carbons (Fsp3) is 0.200. The van der Waals surface area contributed by atoms with Gasteiger partial charge in [-0.05, 0) is 5.56 Å². The van der Waals surface area contributed by atoms with Crippen LogP contribution < -0.4 is 11.1 Å². The molecule has 80 valence electrons. The van der Waals surface area contributed by atoms with Crippen molar-refractivity contribution in [2.45, 2.75) is 5.75 Å². The summed E-state index contributed by atoms with van der Waals surface area (Å²) in [6, 6.07) is 8.99. The molecule has 0 atom stereocenters. The maximum atomic E-state index is 11.0. The van der Waals surface area contributed by atoms with Crippen LogP contribution in [0.3, 0.4) is 0 Å². The summed E-state index contributed by atoms with van der Waals surface area (Å²) in [4.78, 5) is 21.3. The van der Waals surface area contributed by atoms with E-state index in [9.17, 15) is 9.59 Å². The quantitative estimate of drug-likeness (QED) is 0.804. The van der Waals surface area contributed by atoms with Gasteiger partial charge in [-0.1, -0.05) is 30.3 Å². The zero-order chi connectivity index (χ0) is 11.1. The standard InChI is InChI=1S/C10H12N2O2S/c11-10(14)12-9(13)7-15-6-8-4-2-1-3-5-8/h1-5H,6-7H2,(H3,11,12,13,14). The van der Waals surface area contributed by atoms with E-state index in [-0.39, 0.29) is 11.7 Å². The molecule has 3 N–H and O–H groups in total. The largest absolute Gasteiger partial charge is 0.351 e. The normalized spacial score (nSPS) is 9.60. The van der Waals surface area contributed by atoms with E-state index in [1.807, 2.05) is 35.6 Å². The van der Waals surface area contributed by atoms with Gasteiger partial charge in [-0.15, -0.1) is 11.8 Å². The van der Waals surface area contributed by atoms with Gasteiger partial charge >= 0.3 is 6.03 Å². The minimum Gasteiger partial charge on any atom is -0.351 e. The lowest BCUT2D eigenvalue weighted by molar-refractivity contribution is -0.117. The van der Waals surface area contributed by atoms with Crippen molar-refractivity contribution in [1.82, 2.24) is 5.32 Å². The van der Waals surface area contributed by atoms with Crippen molar-refractivity contribution in [2.24, 2.45) is 5.73 Å². The molecule has 1 rings (SSSR count). The molecule has 0 spiro atoms. The van der Waals surface area contributed by atoms with Gasteiger partial charge in [0, 0.05) is 5.75 Å². The van der Waals surface area contributed by atoms with Crippen molar-refractivity contribution < 1.29 is 9.59 Å². The highest BCUT2D eigenvalue weighted by Gasteiger charge is 2.03. The first kappa shape index (κ1) is 11.6. The van der Waals surface area contributed by atoms with Crippen molar-refractivity contribution in [3.05, 3.63) is 35.9 Å². The summed E-state index contributed by atoms with van der Waals surface area (Å²) in [6.45, 7) is 0. The molecule has 0 radical (unpaired) electrons. The van der Waals surface area contributed by atoms with E-state index in [0.717, 1.165) is 11.3 Å². The van der Waals surface area contributed by atoms with E-state index in [4.69, 9.17) is 5.73 Å². The number of hydrogen-bond donors (Lipinski definition) is 2. The van der Waals surface area contributed by atoms with Crippen molar-refractivity contribution >= 4 is 23.7 Å². The van der Waals surface area contributed by atoms with Gasteiger partial charge in [-0.3, -0.25) is 10.1 Å². The van der Waals surface area contributed by atoms with Gasteiger partial charge in [-0.25, -0.2) is 4.79 Å². The number of nitrogens with two attached hydrogens (primary N) is 1. The molecule has 0 aliphatic rings. The number of imide groups is 1. The van der Waals surface area contributed by atoms with Crippen LogP contribution in [0, 0.1) is 0 Å². The van der Waals surface area contributed by atoms with Crippen molar-refractivity contribution in [3.63, 3.8) is 0 Å². The predicted molar refractivity (Wildman–Crippen MR) is 60.3 cm³/mol. The summed E-state index contributed by atoms with van der Waals surface area (Å²) in [5.41, 5.74) is 5.94. The Balaban J connectivity index is 2.22. The van der Waals surface area contributed by atoms with Crippen LogP contribution in [-0.4, -0.2) is 17.7 Å². The van der Waals surface area contributed by atoms with Gasteiger partial charge in [0.1, 0.15) is 0 Å². The van der Waals surface area contributed by atoms with E-state index < -0.39 is 6.03 Å². The molecule has 3 amide bonds. The Morgan fingerprint density at radius 3 is 2.53 bits per heavy atom. The van der Waals surface area contributed by atoms with Gasteiger partial charge in [0.25, 0.3) is 0 Å². The van der Waals surface area contributed by atoms with Crippen LogP contribution in [-0.2, 0) is 10.5 Å². The highest BCUT2D eigenvalue weighted by molar-refractivity contribution is 7.99. The topological polar surface area (TPSA) is 72.2 Å². The summed E-state index contributed by atoms with van der Waals surface area (Å²) in [5, 5.41) is 2.01. The molecule has 0 unspecified atom stereocenters. The number of primary amides is 1. The van der Waals surface area contributed by atoms with Gasteiger partial charge < -0.3 is 5.73 Å². The maximum absolute atomic E-state index is 11.0. The van der Waals surface area contributed by atoms with Crippen LogP contribution in [0.1, 0.15) is 5.56 Å². The number of hydrogen-bond acceptors (Lipinski definition) is 3. The number of rotatable bonds is 4. The smallest absolute Gasteiger partial charge is 0.318 e. The van der Waals surface area contributed by atoms with Crippen LogP contribution in [0.15, 0.2) is 30.3 Å². The third-order valence-corrected chi connectivity index (χ3v) is 2.61. The lowest BCUT2D eigenvalue weighted by atomic mass is 10.2. The molecule has 5 heteroatoms. The highest BCUT2D eigenvalue weighted by Crippen LogP contribution is 2.10. The van der Waals surface area contributed by atoms with E-state index in [1.54, 1.807) is 0 Å². The molecule has 0 fully saturated rings. The molecule has 4 nitrogen and oxygen atoms in total. The van der Waals surface area contributed by atoms with Crippen LogP contribution in [0.5, 0.6) is 0 Å². The second-order valence-electron chi connectivity index (χ2n) is 2.89. The number of amides is 3. The summed E-state index contributed by atoms with van der Waals surface area (Å²) >= 11 is 1.44. The van der Waals surface area contributed by atoms with E-state index >= 15 is 0 Å². The van der Waals surface area contributed by atoms with Crippen molar-refractivity contribution in [3.8, 4) is 0 Å². The minimum atomic E-state index is -0.805. The van der Waals surface area contributed by atoms with E-state index in [1.165, 1.54) is 11.8 Å². The Morgan fingerprint density at radius 2 is 1.93 bits per heavy atom. The predicted octanol–water partition coefficient (Wildman–Crippen LogP) is 1.11. The number of thioether (sulfide) groups is 1. The molecule has 0 bridgehead atoms. The van der Waals surface area contributed by atoms with Crippen LogP contribution in [0.4, 0.5) is 4.79 Å². The van der Waals surface area contributed by atoms with Crippen LogP contribution >= 0.6 is 11.8 Å². The monoisotopic (exact) mass is 224 g/mol. The molecule has 1 aromatic carbocycles. The first-order valence-electron chi connectivity index (χ1n) is 4.39. The van der Waals surface area contributed by atoms with Gasteiger partial charge in [0.05, 0.1) is 5.75 Å². The summed E-state index contributed by atoms with van der Waals surface area (Å²) in [7, 11) is 0. The van der Waals surface area contributed by atoms with Crippen molar-refractivity contribution in [1.29, 1.82) is 0 Å². The molecule has 1 aromatic rings. The number of carbonyl (C=O) groups is 2. The molecule has 0 aliphatic carbocycles. The lowest BCUT2D eigenvalue weighted by Gasteiger charge is -2.01. The van der Waals surface area contributed by atoms with E-state index in [0.29, 0.717) is 0 Å². The summed E-state index contributed by atoms with van der Waals surface area (Å²) in [5.74, 6) is 0.619. The zero-order valence-corrected chi connectivity index (χ0v) is 8.92. The number of urea groups is 1. The Hall–Kier alpha value is -1.49. The van der Waals surface area contributed by atoms with Gasteiger partial charge in [0.15, 0.2) is 0 Å². The van der Waals surface area contributed by atoms with Crippen molar-refractivity contribution in [2.75, 3.05) is 5.75 Å². The summed E-state index contributed by atoms with van der Waals surface area (Å²) in [6.07, 6.45) is 0. The SMILES string of the molecule is NC(=O)NC(=O)CSCc1ccccc1. The second-order valence-corrected chi connectivity index (χ2v) is 3.88. The fourth-order valence-corrected chi connectivity index (χ4v) is 1.80. The highest BCUT2D eigenvalue weighted by atomic mass is 32.2. The molecule has 0 aliphatic heterocycles. The second kappa shape index (κ2) is 6.08. The number of benzene rings is 1. The molecule has 0 aromatic heterocycles. The zero-order valence-electron chi connectivity index (χ0n) is 8.10. The maximum Gasteiger partial charge on any atom is 0.318 e. The Morgan fingerprint density at radius 1 is 1.27 bits per heavy atom. The summed E-state index contributed by atoms with van der Waals surface area (Å²) < 4.78 is 0. The number of nitrogens with one attached hydrogen (secondary N) is 1. The number of carbonyl (C=O) groups excluding carboxylic acids is 2. The third kappa shape index (κ3) is 5.07. The molecular weight excluding hydrogens is 212 g/mol. The molecule has 0 saturated carbocycles. The van der Waals surface area contributed by atoms with E-state index in [2.05, 4.69) is 0 Å². The first-order chi connectivity index (χ1) is 7.18. The molecule has 15 heavy (non-hydrogen) atoms. The first-order valence-corrected chi connectivity index (χ1v) is 5.55. The Labute approximate surface area is 92.2 Å². The van der Waals surface area contributed by atoms with Gasteiger partial charge in [0.2, 0.25) is 5.91 Å². The lowest BCUT2D eigenvalue weighted by Crippen LogP contribution is -2.36. The Kier molecular flexibility index (Phi) is 4.70. The average Bonchev–Trinajstić information content (AvgIpc) is 2.18. The Bertz CT molecular complexity index is 341. The minimum absolute atomic E-state index is 0.234. The van der Waals surface area contributed by atoms with Gasteiger partial charge in [-0.2, -0.15) is 0 Å². The molecule has 0 heterocycles.